The first-order chi connectivity index (χ1) is 7.35. The van der Waals surface area contributed by atoms with E-state index in [4.69, 9.17) is 5.73 Å². The number of aryl methyl sites for hydroxylation is 1. The van der Waals surface area contributed by atoms with Gasteiger partial charge in [0.15, 0.2) is 0 Å². The molecule has 0 saturated heterocycles. The van der Waals surface area contributed by atoms with Crippen LogP contribution in [-0.2, 0) is 10.3 Å². The Bertz CT molecular complexity index is 492. The van der Waals surface area contributed by atoms with Crippen molar-refractivity contribution in [2.75, 3.05) is 7.05 Å². The molecule has 1 unspecified atom stereocenters. The van der Waals surface area contributed by atoms with Crippen LogP contribution in [-0.4, -0.2) is 23.8 Å². The van der Waals surface area contributed by atoms with Crippen LogP contribution in [0.3, 0.4) is 0 Å². The highest BCUT2D eigenvalue weighted by Gasteiger charge is 2.43. The molecule has 0 aromatic heterocycles. The van der Waals surface area contributed by atoms with E-state index in [1.165, 1.54) is 7.05 Å². The molecule has 1 aromatic rings. The minimum atomic E-state index is -1.12. The number of nitrogens with zero attached hydrogens (tertiary/aromatic N) is 1. The van der Waals surface area contributed by atoms with Gasteiger partial charge in [-0.05, 0) is 25.5 Å². The number of carbonyl (C=O) groups is 2. The van der Waals surface area contributed by atoms with Crippen molar-refractivity contribution in [3.63, 3.8) is 0 Å². The topological polar surface area (TPSA) is 63.4 Å². The summed E-state index contributed by atoms with van der Waals surface area (Å²) in [6.07, 6.45) is 0. The third-order valence-electron chi connectivity index (χ3n) is 3.02. The highest BCUT2D eigenvalue weighted by Crippen LogP contribution is 2.30. The Kier molecular flexibility index (Phi) is 2.13. The summed E-state index contributed by atoms with van der Waals surface area (Å²) in [5.74, 6) is -0.652. The third-order valence-corrected chi connectivity index (χ3v) is 3.02. The normalized spacial score (nSPS) is 24.6. The standard InChI is InChI=1S/C12H14N2O2/c1-7-4-5-9-8(6-7)10(15)14(3)11(16)12(9,2)13/h4-6H,13H2,1-3H3. The predicted octanol–water partition coefficient (Wildman–Crippen LogP) is 0.781. The number of hydrogen-bond acceptors (Lipinski definition) is 3. The monoisotopic (exact) mass is 218 g/mol. The minimum absolute atomic E-state index is 0.286. The summed E-state index contributed by atoms with van der Waals surface area (Å²) in [6, 6.07) is 5.38. The lowest BCUT2D eigenvalue weighted by Gasteiger charge is -2.35. The lowest BCUT2D eigenvalue weighted by atomic mass is 9.83. The van der Waals surface area contributed by atoms with Gasteiger partial charge in [-0.25, -0.2) is 0 Å². The van der Waals surface area contributed by atoms with E-state index in [0.717, 1.165) is 10.5 Å². The summed E-state index contributed by atoms with van der Waals surface area (Å²) in [5.41, 5.74) is 6.97. The van der Waals surface area contributed by atoms with Crippen molar-refractivity contribution < 1.29 is 9.59 Å². The van der Waals surface area contributed by atoms with Gasteiger partial charge in [0.25, 0.3) is 11.8 Å². The summed E-state index contributed by atoms with van der Waals surface area (Å²) in [5, 5.41) is 0. The van der Waals surface area contributed by atoms with Gasteiger partial charge in [0.05, 0.1) is 0 Å². The number of rotatable bonds is 0. The summed E-state index contributed by atoms with van der Waals surface area (Å²) in [6.45, 7) is 3.53. The molecule has 16 heavy (non-hydrogen) atoms. The van der Waals surface area contributed by atoms with E-state index in [1.54, 1.807) is 19.1 Å². The maximum atomic E-state index is 11.9. The van der Waals surface area contributed by atoms with Crippen LogP contribution in [0.5, 0.6) is 0 Å². The number of carbonyl (C=O) groups excluding carboxylic acids is 2. The van der Waals surface area contributed by atoms with E-state index >= 15 is 0 Å². The lowest BCUT2D eigenvalue weighted by Crippen LogP contribution is -2.56. The number of amides is 2. The summed E-state index contributed by atoms with van der Waals surface area (Å²) < 4.78 is 0. The lowest BCUT2D eigenvalue weighted by molar-refractivity contribution is -0.133. The Balaban J connectivity index is 2.73. The summed E-state index contributed by atoms with van der Waals surface area (Å²) in [7, 11) is 1.46. The summed E-state index contributed by atoms with van der Waals surface area (Å²) in [4.78, 5) is 24.9. The van der Waals surface area contributed by atoms with E-state index in [-0.39, 0.29) is 11.8 Å². The van der Waals surface area contributed by atoms with E-state index in [9.17, 15) is 9.59 Å². The van der Waals surface area contributed by atoms with Crippen molar-refractivity contribution in [3.05, 3.63) is 34.9 Å². The minimum Gasteiger partial charge on any atom is -0.314 e. The van der Waals surface area contributed by atoms with Gasteiger partial charge in [0, 0.05) is 12.6 Å². The summed E-state index contributed by atoms with van der Waals surface area (Å²) >= 11 is 0. The molecule has 0 bridgehead atoms. The van der Waals surface area contributed by atoms with Crippen LogP contribution in [0.1, 0.15) is 28.4 Å². The van der Waals surface area contributed by atoms with Gasteiger partial charge in [-0.3, -0.25) is 14.5 Å². The zero-order valence-electron chi connectivity index (χ0n) is 9.57. The van der Waals surface area contributed by atoms with E-state index < -0.39 is 5.54 Å². The quantitative estimate of drug-likeness (QED) is 0.654. The molecule has 0 aliphatic carbocycles. The molecule has 0 spiro atoms. The van der Waals surface area contributed by atoms with Crippen LogP contribution in [0.2, 0.25) is 0 Å². The van der Waals surface area contributed by atoms with Crippen LogP contribution >= 0.6 is 0 Å². The molecule has 0 fully saturated rings. The van der Waals surface area contributed by atoms with Crippen molar-refractivity contribution >= 4 is 11.8 Å². The number of fused-ring (bicyclic) bond motifs is 1. The first kappa shape index (κ1) is 10.8. The first-order valence-corrected chi connectivity index (χ1v) is 5.08. The average molecular weight is 218 g/mol. The molecule has 1 aliphatic heterocycles. The molecule has 2 rings (SSSR count). The maximum Gasteiger partial charge on any atom is 0.260 e. The Hall–Kier alpha value is -1.68. The molecule has 84 valence electrons. The van der Waals surface area contributed by atoms with Crippen LogP contribution in [0.4, 0.5) is 0 Å². The molecular weight excluding hydrogens is 204 g/mol. The molecule has 1 aromatic carbocycles. The van der Waals surface area contributed by atoms with Crippen molar-refractivity contribution in [2.45, 2.75) is 19.4 Å². The Labute approximate surface area is 94.0 Å². The van der Waals surface area contributed by atoms with Crippen molar-refractivity contribution in [3.8, 4) is 0 Å². The number of imide groups is 1. The van der Waals surface area contributed by atoms with Gasteiger partial charge in [-0.1, -0.05) is 17.7 Å². The van der Waals surface area contributed by atoms with Crippen molar-refractivity contribution in [1.82, 2.24) is 4.90 Å². The van der Waals surface area contributed by atoms with Crippen molar-refractivity contribution in [2.24, 2.45) is 5.73 Å². The highest BCUT2D eigenvalue weighted by molar-refractivity contribution is 6.12. The molecule has 0 radical (unpaired) electrons. The van der Waals surface area contributed by atoms with Gasteiger partial charge in [-0.15, -0.1) is 0 Å². The number of benzene rings is 1. The fourth-order valence-corrected chi connectivity index (χ4v) is 2.02. The third kappa shape index (κ3) is 1.27. The fourth-order valence-electron chi connectivity index (χ4n) is 2.02. The van der Waals surface area contributed by atoms with Gasteiger partial charge in [0.1, 0.15) is 5.54 Å². The van der Waals surface area contributed by atoms with Gasteiger partial charge < -0.3 is 5.73 Å². The fraction of sp³-hybridized carbons (Fsp3) is 0.333. The molecule has 4 heteroatoms. The maximum absolute atomic E-state index is 11.9. The van der Waals surface area contributed by atoms with E-state index in [0.29, 0.717) is 11.1 Å². The molecular formula is C12H14N2O2. The second kappa shape index (κ2) is 3.15. The molecule has 1 aliphatic rings. The molecule has 1 heterocycles. The Morgan fingerprint density at radius 3 is 2.56 bits per heavy atom. The number of nitrogens with two attached hydrogens (primary N) is 1. The largest absolute Gasteiger partial charge is 0.314 e. The van der Waals surface area contributed by atoms with Crippen LogP contribution in [0.25, 0.3) is 0 Å². The SMILES string of the molecule is Cc1ccc2c(c1)C(=O)N(C)C(=O)C2(C)N. The van der Waals surface area contributed by atoms with Crippen LogP contribution in [0.15, 0.2) is 18.2 Å². The van der Waals surface area contributed by atoms with Gasteiger partial charge in [-0.2, -0.15) is 0 Å². The smallest absolute Gasteiger partial charge is 0.260 e. The Morgan fingerprint density at radius 1 is 1.31 bits per heavy atom. The van der Waals surface area contributed by atoms with Gasteiger partial charge >= 0.3 is 0 Å². The highest BCUT2D eigenvalue weighted by atomic mass is 16.2. The molecule has 0 saturated carbocycles. The number of likely N-dealkylation sites (N-methyl/N-ethyl adjacent to an activating group) is 1. The first-order valence-electron chi connectivity index (χ1n) is 5.08. The Morgan fingerprint density at radius 2 is 1.94 bits per heavy atom. The zero-order chi connectivity index (χ0) is 12.1. The molecule has 1 atom stereocenters. The predicted molar refractivity (Wildman–Crippen MR) is 59.8 cm³/mol. The zero-order valence-corrected chi connectivity index (χ0v) is 9.57. The van der Waals surface area contributed by atoms with Crippen LogP contribution < -0.4 is 5.73 Å². The van der Waals surface area contributed by atoms with Gasteiger partial charge in [0.2, 0.25) is 0 Å². The van der Waals surface area contributed by atoms with E-state index in [1.807, 2.05) is 13.0 Å². The second-order valence-corrected chi connectivity index (χ2v) is 4.42. The van der Waals surface area contributed by atoms with Crippen LogP contribution in [0, 0.1) is 6.92 Å². The molecule has 2 amide bonds. The van der Waals surface area contributed by atoms with Crippen molar-refractivity contribution in [1.29, 1.82) is 0 Å². The molecule has 4 nitrogen and oxygen atoms in total. The number of hydrogen-bond donors (Lipinski definition) is 1. The average Bonchev–Trinajstić information content (AvgIpc) is 2.24. The van der Waals surface area contributed by atoms with E-state index in [2.05, 4.69) is 0 Å². The molecule has 2 N–H and O–H groups in total. The second-order valence-electron chi connectivity index (χ2n) is 4.42.